The lowest BCUT2D eigenvalue weighted by Crippen LogP contribution is -2.44. The SMILES string of the molecule is CN1C2CC[C@@H]1C[C@@H](c1ccc(F)cc1)C2c1ccc(F)cc1. The Hall–Kier alpha value is -1.74. The maximum atomic E-state index is 13.3. The number of piperidine rings is 1. The van der Waals surface area contributed by atoms with Crippen LogP contribution in [0.3, 0.4) is 0 Å². The molecule has 2 saturated heterocycles. The molecule has 2 unspecified atom stereocenters. The van der Waals surface area contributed by atoms with E-state index < -0.39 is 0 Å². The van der Waals surface area contributed by atoms with Gasteiger partial charge in [-0.3, -0.25) is 4.90 Å². The maximum absolute atomic E-state index is 13.3. The molecule has 2 aromatic carbocycles. The predicted molar refractivity (Wildman–Crippen MR) is 87.5 cm³/mol. The molecule has 0 N–H and O–H groups in total. The molecule has 2 fully saturated rings. The Bertz CT molecular complexity index is 680. The molecule has 0 radical (unpaired) electrons. The predicted octanol–water partition coefficient (Wildman–Crippen LogP) is 4.70. The van der Waals surface area contributed by atoms with Crippen LogP contribution in [-0.4, -0.2) is 24.0 Å². The number of hydrogen-bond donors (Lipinski definition) is 0. The van der Waals surface area contributed by atoms with Crippen LogP contribution in [0.15, 0.2) is 48.5 Å². The number of benzene rings is 2. The molecule has 2 aliphatic rings. The molecular formula is C20H21F2N. The van der Waals surface area contributed by atoms with E-state index in [4.69, 9.17) is 0 Å². The molecule has 0 aromatic heterocycles. The van der Waals surface area contributed by atoms with Gasteiger partial charge < -0.3 is 0 Å². The summed E-state index contributed by atoms with van der Waals surface area (Å²) < 4.78 is 26.6. The average molecular weight is 313 g/mol. The minimum Gasteiger partial charge on any atom is -0.300 e. The van der Waals surface area contributed by atoms with Gasteiger partial charge in [0.25, 0.3) is 0 Å². The normalized spacial score (nSPS) is 30.6. The van der Waals surface area contributed by atoms with Crippen molar-refractivity contribution in [1.29, 1.82) is 0 Å². The van der Waals surface area contributed by atoms with Crippen molar-refractivity contribution in [3.63, 3.8) is 0 Å². The summed E-state index contributed by atoms with van der Waals surface area (Å²) in [6.07, 6.45) is 3.48. The molecule has 4 atom stereocenters. The first-order valence-electron chi connectivity index (χ1n) is 8.36. The van der Waals surface area contributed by atoms with Gasteiger partial charge in [0.05, 0.1) is 0 Å². The van der Waals surface area contributed by atoms with Crippen molar-refractivity contribution in [2.24, 2.45) is 0 Å². The number of halogens is 2. The Balaban J connectivity index is 1.76. The van der Waals surface area contributed by atoms with Gasteiger partial charge in [-0.25, -0.2) is 8.78 Å². The quantitative estimate of drug-likeness (QED) is 0.777. The number of rotatable bonds is 2. The van der Waals surface area contributed by atoms with E-state index in [0.717, 1.165) is 6.42 Å². The third-order valence-electron chi connectivity index (χ3n) is 5.82. The molecule has 2 aromatic rings. The molecule has 0 amide bonds. The summed E-state index contributed by atoms with van der Waals surface area (Å²) in [5.74, 6) is 0.322. The molecule has 1 nitrogen and oxygen atoms in total. The van der Waals surface area contributed by atoms with Gasteiger partial charge in [-0.15, -0.1) is 0 Å². The van der Waals surface area contributed by atoms with Crippen LogP contribution in [0.2, 0.25) is 0 Å². The topological polar surface area (TPSA) is 3.24 Å². The first kappa shape index (κ1) is 14.8. The Morgan fingerprint density at radius 2 is 1.39 bits per heavy atom. The smallest absolute Gasteiger partial charge is 0.123 e. The van der Waals surface area contributed by atoms with Gasteiger partial charge in [0.15, 0.2) is 0 Å². The molecule has 2 heterocycles. The van der Waals surface area contributed by atoms with Crippen molar-refractivity contribution in [3.8, 4) is 0 Å². The van der Waals surface area contributed by atoms with E-state index in [-0.39, 0.29) is 11.6 Å². The van der Waals surface area contributed by atoms with Crippen LogP contribution in [0.5, 0.6) is 0 Å². The molecule has 120 valence electrons. The van der Waals surface area contributed by atoms with Gasteiger partial charge >= 0.3 is 0 Å². The second kappa shape index (κ2) is 5.72. The van der Waals surface area contributed by atoms with Crippen molar-refractivity contribution in [2.45, 2.75) is 43.2 Å². The minimum absolute atomic E-state index is 0.192. The highest BCUT2D eigenvalue weighted by Gasteiger charge is 2.46. The van der Waals surface area contributed by atoms with Crippen LogP contribution >= 0.6 is 0 Å². The highest BCUT2D eigenvalue weighted by atomic mass is 19.1. The molecule has 2 bridgehead atoms. The van der Waals surface area contributed by atoms with Crippen molar-refractivity contribution in [2.75, 3.05) is 7.05 Å². The van der Waals surface area contributed by atoms with Gasteiger partial charge in [0.1, 0.15) is 11.6 Å². The summed E-state index contributed by atoms with van der Waals surface area (Å²) in [5.41, 5.74) is 2.39. The van der Waals surface area contributed by atoms with Crippen LogP contribution in [0.1, 0.15) is 42.2 Å². The zero-order valence-corrected chi connectivity index (χ0v) is 13.3. The van der Waals surface area contributed by atoms with Crippen molar-refractivity contribution in [1.82, 2.24) is 4.90 Å². The molecular weight excluding hydrogens is 292 g/mol. The molecule has 2 aliphatic heterocycles. The van der Waals surface area contributed by atoms with Gasteiger partial charge in [-0.05, 0) is 67.6 Å². The second-order valence-corrected chi connectivity index (χ2v) is 6.94. The van der Waals surface area contributed by atoms with Gasteiger partial charge in [-0.2, -0.15) is 0 Å². The summed E-state index contributed by atoms with van der Waals surface area (Å²) in [5, 5.41) is 0. The summed E-state index contributed by atoms with van der Waals surface area (Å²) in [4.78, 5) is 2.49. The lowest BCUT2D eigenvalue weighted by Gasteiger charge is -2.43. The first-order chi connectivity index (χ1) is 11.1. The largest absolute Gasteiger partial charge is 0.300 e. The standard InChI is InChI=1S/C20H21F2N/c1-23-17-10-11-19(23)20(14-4-8-16(22)9-5-14)18(12-17)13-2-6-15(21)7-3-13/h2-9,17-20H,10-12H2,1H3/t17-,18+,19?,20?/m1/s1. The van der Waals surface area contributed by atoms with Gasteiger partial charge in [0.2, 0.25) is 0 Å². The highest BCUT2D eigenvalue weighted by molar-refractivity contribution is 5.33. The molecule has 3 heteroatoms. The minimum atomic E-state index is -0.194. The Labute approximate surface area is 135 Å². The van der Waals surface area contributed by atoms with Crippen molar-refractivity contribution < 1.29 is 8.78 Å². The summed E-state index contributed by atoms with van der Waals surface area (Å²) in [6, 6.07) is 15.0. The number of likely N-dealkylation sites (N-methyl/N-ethyl adjacent to an activating group) is 1. The van der Waals surface area contributed by atoms with E-state index in [2.05, 4.69) is 11.9 Å². The third-order valence-corrected chi connectivity index (χ3v) is 5.82. The fraction of sp³-hybridized carbons (Fsp3) is 0.400. The van der Waals surface area contributed by atoms with E-state index in [1.807, 2.05) is 24.3 Å². The lowest BCUT2D eigenvalue weighted by molar-refractivity contribution is 0.137. The fourth-order valence-electron chi connectivity index (χ4n) is 4.66. The van der Waals surface area contributed by atoms with Gasteiger partial charge in [-0.1, -0.05) is 24.3 Å². The van der Waals surface area contributed by atoms with E-state index in [9.17, 15) is 8.78 Å². The van der Waals surface area contributed by atoms with Crippen molar-refractivity contribution in [3.05, 3.63) is 71.3 Å². The van der Waals surface area contributed by atoms with Crippen LogP contribution < -0.4 is 0 Å². The number of nitrogens with zero attached hydrogens (tertiary/aromatic N) is 1. The van der Waals surface area contributed by atoms with E-state index >= 15 is 0 Å². The summed E-state index contributed by atoms with van der Waals surface area (Å²) >= 11 is 0. The Morgan fingerprint density at radius 1 is 0.826 bits per heavy atom. The van der Waals surface area contributed by atoms with E-state index in [0.29, 0.717) is 23.9 Å². The lowest BCUT2D eigenvalue weighted by atomic mass is 9.73. The molecule has 4 rings (SSSR count). The highest BCUT2D eigenvalue weighted by Crippen LogP contribution is 2.50. The Kier molecular flexibility index (Phi) is 3.68. The molecule has 0 aliphatic carbocycles. The molecule has 0 saturated carbocycles. The van der Waals surface area contributed by atoms with Crippen LogP contribution in [-0.2, 0) is 0 Å². The average Bonchev–Trinajstić information content (AvgIpc) is 2.80. The number of hydrogen-bond acceptors (Lipinski definition) is 1. The zero-order chi connectivity index (χ0) is 16.0. The third kappa shape index (κ3) is 2.57. The maximum Gasteiger partial charge on any atom is 0.123 e. The first-order valence-corrected chi connectivity index (χ1v) is 8.36. The molecule has 0 spiro atoms. The van der Waals surface area contributed by atoms with Crippen LogP contribution in [0, 0.1) is 11.6 Å². The van der Waals surface area contributed by atoms with Crippen LogP contribution in [0.25, 0.3) is 0 Å². The van der Waals surface area contributed by atoms with Crippen LogP contribution in [0.4, 0.5) is 8.78 Å². The zero-order valence-electron chi connectivity index (χ0n) is 13.3. The van der Waals surface area contributed by atoms with E-state index in [1.165, 1.54) is 24.0 Å². The summed E-state index contributed by atoms with van der Waals surface area (Å²) in [6.45, 7) is 0. The fourth-order valence-corrected chi connectivity index (χ4v) is 4.66. The Morgan fingerprint density at radius 3 is 2.00 bits per heavy atom. The van der Waals surface area contributed by atoms with E-state index in [1.54, 1.807) is 24.3 Å². The monoisotopic (exact) mass is 313 g/mol. The summed E-state index contributed by atoms with van der Waals surface area (Å²) in [7, 11) is 2.21. The molecule has 23 heavy (non-hydrogen) atoms. The van der Waals surface area contributed by atoms with Gasteiger partial charge in [0, 0.05) is 18.0 Å². The number of fused-ring (bicyclic) bond motifs is 2. The van der Waals surface area contributed by atoms with Crippen molar-refractivity contribution >= 4 is 0 Å². The second-order valence-electron chi connectivity index (χ2n) is 6.94.